The van der Waals surface area contributed by atoms with Gasteiger partial charge in [0.05, 0.1) is 0 Å². The lowest BCUT2D eigenvalue weighted by Gasteiger charge is -2.05. The normalized spacial score (nSPS) is 10.4. The second-order valence-electron chi connectivity index (χ2n) is 3.75. The summed E-state index contributed by atoms with van der Waals surface area (Å²) >= 11 is 0. The maximum absolute atomic E-state index is 9.24. The summed E-state index contributed by atoms with van der Waals surface area (Å²) in [4.78, 5) is 1.68. The van der Waals surface area contributed by atoms with Crippen LogP contribution in [0.2, 0.25) is 0 Å². The first-order valence-corrected chi connectivity index (χ1v) is 5.06. The molecule has 0 aliphatic carbocycles. The molecule has 0 fully saturated rings. The summed E-state index contributed by atoms with van der Waals surface area (Å²) in [6.07, 6.45) is 0. The van der Waals surface area contributed by atoms with Crippen molar-refractivity contribution in [2.24, 2.45) is 0 Å². The zero-order valence-electron chi connectivity index (χ0n) is 9.53. The second kappa shape index (κ2) is 4.56. The van der Waals surface area contributed by atoms with E-state index in [1.165, 1.54) is 0 Å². The van der Waals surface area contributed by atoms with Gasteiger partial charge in [-0.05, 0) is 11.5 Å². The number of aromatic nitrogens is 2. The highest BCUT2D eigenvalue weighted by Crippen LogP contribution is 2.19. The lowest BCUT2D eigenvalue weighted by molar-refractivity contribution is 0.425. The zero-order valence-corrected chi connectivity index (χ0v) is 9.53. The number of hydrogen-bond acceptors (Lipinski definition) is 6. The van der Waals surface area contributed by atoms with Gasteiger partial charge in [0.2, 0.25) is 5.89 Å². The van der Waals surface area contributed by atoms with Crippen LogP contribution in [0.5, 0.6) is 0 Å². The van der Waals surface area contributed by atoms with E-state index in [1.807, 2.05) is 0 Å². The molecule has 0 saturated carbocycles. The molecule has 2 aromatic rings. The molecule has 0 spiro atoms. The molecule has 2 N–H and O–H groups in total. The van der Waals surface area contributed by atoms with Crippen molar-refractivity contribution in [3.8, 4) is 11.5 Å². The maximum Gasteiger partial charge on any atom is 0.489 e. The van der Waals surface area contributed by atoms with Gasteiger partial charge in [0.25, 0.3) is 0 Å². The van der Waals surface area contributed by atoms with Crippen LogP contribution >= 0.6 is 0 Å². The van der Waals surface area contributed by atoms with Crippen molar-refractivity contribution < 1.29 is 14.5 Å². The van der Waals surface area contributed by atoms with Crippen molar-refractivity contribution in [2.45, 2.75) is 0 Å². The van der Waals surface area contributed by atoms with Crippen LogP contribution in [-0.2, 0) is 0 Å². The van der Waals surface area contributed by atoms with Crippen LogP contribution in [-0.4, -0.2) is 41.5 Å². The van der Waals surface area contributed by atoms with Crippen LogP contribution in [0.1, 0.15) is 0 Å². The van der Waals surface area contributed by atoms with E-state index >= 15 is 0 Å². The Balaban J connectivity index is 2.45. The van der Waals surface area contributed by atoms with Gasteiger partial charge in [0.1, 0.15) is 0 Å². The Hall–Kier alpha value is -1.86. The van der Waals surface area contributed by atoms with Crippen molar-refractivity contribution in [1.82, 2.24) is 10.2 Å². The van der Waals surface area contributed by atoms with Gasteiger partial charge in [-0.15, -0.1) is 5.10 Å². The molecule has 2 rings (SSSR count). The van der Waals surface area contributed by atoms with Gasteiger partial charge >= 0.3 is 13.1 Å². The summed E-state index contributed by atoms with van der Waals surface area (Å²) in [5.74, 6) is 0.261. The minimum Gasteiger partial charge on any atom is -0.423 e. The largest absolute Gasteiger partial charge is 0.489 e. The Morgan fingerprint density at radius 1 is 1.18 bits per heavy atom. The molecule has 7 heteroatoms. The van der Waals surface area contributed by atoms with Crippen molar-refractivity contribution in [2.75, 3.05) is 19.0 Å². The first-order chi connectivity index (χ1) is 8.09. The fourth-order valence-electron chi connectivity index (χ4n) is 1.42. The highest BCUT2D eigenvalue weighted by molar-refractivity contribution is 6.60. The Kier molecular flexibility index (Phi) is 3.12. The molecule has 0 amide bonds. The molecule has 1 heterocycles. The predicted octanol–water partition coefficient (Wildman–Crippen LogP) is -0.518. The number of nitrogens with zero attached hydrogens (tertiary/aromatic N) is 3. The van der Waals surface area contributed by atoms with Gasteiger partial charge < -0.3 is 19.4 Å². The van der Waals surface area contributed by atoms with Crippen LogP contribution in [0, 0.1) is 0 Å². The SMILES string of the molecule is CN(C)c1nnc(-c2ccccc2B(O)O)o1. The fraction of sp³-hybridized carbons (Fsp3) is 0.200. The van der Waals surface area contributed by atoms with Gasteiger partial charge in [0.15, 0.2) is 0 Å². The third kappa shape index (κ3) is 2.30. The molecule has 0 atom stereocenters. The van der Waals surface area contributed by atoms with E-state index in [1.54, 1.807) is 43.3 Å². The topological polar surface area (TPSA) is 82.6 Å². The summed E-state index contributed by atoms with van der Waals surface area (Å²) in [6.45, 7) is 0. The molecule has 1 aromatic heterocycles. The van der Waals surface area contributed by atoms with Crippen LogP contribution < -0.4 is 10.4 Å². The van der Waals surface area contributed by atoms with Crippen molar-refractivity contribution in [1.29, 1.82) is 0 Å². The first kappa shape index (κ1) is 11.6. The van der Waals surface area contributed by atoms with Gasteiger partial charge in [-0.1, -0.05) is 23.3 Å². The first-order valence-electron chi connectivity index (χ1n) is 5.06. The highest BCUT2D eigenvalue weighted by Gasteiger charge is 2.20. The summed E-state index contributed by atoms with van der Waals surface area (Å²) < 4.78 is 5.40. The van der Waals surface area contributed by atoms with Gasteiger partial charge in [-0.2, -0.15) is 0 Å². The molecular formula is C10H12BN3O3. The summed E-state index contributed by atoms with van der Waals surface area (Å²) in [5, 5.41) is 26.2. The fourth-order valence-corrected chi connectivity index (χ4v) is 1.42. The van der Waals surface area contributed by atoms with Gasteiger partial charge in [-0.25, -0.2) is 0 Å². The number of hydrogen-bond donors (Lipinski definition) is 2. The molecule has 6 nitrogen and oxygen atoms in total. The lowest BCUT2D eigenvalue weighted by Crippen LogP contribution is -2.31. The minimum atomic E-state index is -1.57. The van der Waals surface area contributed by atoms with Crippen molar-refractivity contribution in [3.63, 3.8) is 0 Å². The molecule has 0 bridgehead atoms. The van der Waals surface area contributed by atoms with E-state index < -0.39 is 7.12 Å². The molecule has 88 valence electrons. The van der Waals surface area contributed by atoms with Crippen molar-refractivity contribution >= 4 is 18.6 Å². The Bertz CT molecular complexity index is 513. The van der Waals surface area contributed by atoms with Crippen LogP contribution in [0.25, 0.3) is 11.5 Å². The van der Waals surface area contributed by atoms with Gasteiger partial charge in [-0.3, -0.25) is 0 Å². The van der Waals surface area contributed by atoms with Crippen molar-refractivity contribution in [3.05, 3.63) is 24.3 Å². The minimum absolute atomic E-state index is 0.261. The third-order valence-corrected chi connectivity index (χ3v) is 2.27. The van der Waals surface area contributed by atoms with E-state index in [0.29, 0.717) is 17.0 Å². The van der Waals surface area contributed by atoms with Crippen LogP contribution in [0.15, 0.2) is 28.7 Å². The van der Waals surface area contributed by atoms with E-state index in [-0.39, 0.29) is 5.89 Å². The van der Waals surface area contributed by atoms with E-state index in [0.717, 1.165) is 0 Å². The average molecular weight is 233 g/mol. The van der Waals surface area contributed by atoms with E-state index in [9.17, 15) is 10.0 Å². The van der Waals surface area contributed by atoms with E-state index in [4.69, 9.17) is 4.42 Å². The second-order valence-corrected chi connectivity index (χ2v) is 3.75. The predicted molar refractivity (Wildman–Crippen MR) is 63.9 cm³/mol. The van der Waals surface area contributed by atoms with Crippen LogP contribution in [0.3, 0.4) is 0 Å². The Morgan fingerprint density at radius 2 is 1.88 bits per heavy atom. The summed E-state index contributed by atoms with van der Waals surface area (Å²) in [6, 6.07) is 7.13. The lowest BCUT2D eigenvalue weighted by atomic mass is 9.77. The van der Waals surface area contributed by atoms with Gasteiger partial charge in [0, 0.05) is 19.7 Å². The number of anilines is 1. The molecule has 0 unspecified atom stereocenters. The molecule has 0 radical (unpaired) electrons. The summed E-state index contributed by atoms with van der Waals surface area (Å²) in [7, 11) is 2.00. The molecule has 1 aromatic carbocycles. The van der Waals surface area contributed by atoms with E-state index in [2.05, 4.69) is 10.2 Å². The quantitative estimate of drug-likeness (QED) is 0.694. The van der Waals surface area contributed by atoms with Crippen LogP contribution in [0.4, 0.5) is 6.01 Å². The smallest absolute Gasteiger partial charge is 0.423 e. The number of rotatable bonds is 3. The third-order valence-electron chi connectivity index (χ3n) is 2.27. The molecular weight excluding hydrogens is 221 g/mol. The maximum atomic E-state index is 9.24. The Morgan fingerprint density at radius 3 is 2.47 bits per heavy atom. The number of benzene rings is 1. The standard InChI is InChI=1S/C10H12BN3O3/c1-14(2)10-13-12-9(17-10)7-5-3-4-6-8(7)11(15)16/h3-6,15-16H,1-2H3. The molecule has 0 aliphatic heterocycles. The highest BCUT2D eigenvalue weighted by atomic mass is 16.4. The Labute approximate surface area is 98.7 Å². The molecule has 17 heavy (non-hydrogen) atoms. The zero-order chi connectivity index (χ0) is 12.4. The molecule has 0 saturated heterocycles. The molecule has 0 aliphatic rings. The average Bonchev–Trinajstić information content (AvgIpc) is 2.78. The summed E-state index contributed by atoms with van der Waals surface area (Å²) in [5.41, 5.74) is 0.851. The monoisotopic (exact) mass is 233 g/mol.